The van der Waals surface area contributed by atoms with E-state index in [1.165, 1.54) is 36.3 Å². The molecule has 5 rings (SSSR count). The summed E-state index contributed by atoms with van der Waals surface area (Å²) >= 11 is 0. The predicted molar refractivity (Wildman–Crippen MR) is 107 cm³/mol. The molecule has 27 heavy (non-hydrogen) atoms. The van der Waals surface area contributed by atoms with E-state index in [9.17, 15) is 0 Å². The van der Waals surface area contributed by atoms with Gasteiger partial charge in [-0.2, -0.15) is 4.98 Å². The van der Waals surface area contributed by atoms with Crippen LogP contribution < -0.4 is 14.7 Å². The van der Waals surface area contributed by atoms with Gasteiger partial charge in [0.2, 0.25) is 5.95 Å². The van der Waals surface area contributed by atoms with Crippen molar-refractivity contribution in [2.45, 2.75) is 39.0 Å². The lowest BCUT2D eigenvalue weighted by molar-refractivity contribution is 0.630. The van der Waals surface area contributed by atoms with Gasteiger partial charge < -0.3 is 14.7 Å². The van der Waals surface area contributed by atoms with E-state index in [2.05, 4.69) is 24.7 Å². The Morgan fingerprint density at radius 2 is 1.56 bits per heavy atom. The van der Waals surface area contributed by atoms with Gasteiger partial charge in [-0.1, -0.05) is 0 Å². The van der Waals surface area contributed by atoms with Gasteiger partial charge in [-0.05, 0) is 45.1 Å². The van der Waals surface area contributed by atoms with E-state index < -0.39 is 0 Å². The second kappa shape index (κ2) is 6.94. The van der Waals surface area contributed by atoms with Gasteiger partial charge in [0.25, 0.3) is 0 Å². The monoisotopic (exact) mass is 365 g/mol. The number of anilines is 3. The number of hydrogen-bond acceptors (Lipinski definition) is 7. The number of piperazine rings is 1. The lowest BCUT2D eigenvalue weighted by Gasteiger charge is -2.36. The highest BCUT2D eigenvalue weighted by Gasteiger charge is 2.26. The zero-order chi connectivity index (χ0) is 18.2. The number of aryl methyl sites for hydroxylation is 2. The molecule has 0 radical (unpaired) electrons. The van der Waals surface area contributed by atoms with Crippen LogP contribution in [0.25, 0.3) is 0 Å². The van der Waals surface area contributed by atoms with Crippen LogP contribution in [-0.2, 0) is 12.8 Å². The Hall–Kier alpha value is -2.44. The third-order valence-electron chi connectivity index (χ3n) is 5.94. The molecule has 0 unspecified atom stereocenters. The summed E-state index contributed by atoms with van der Waals surface area (Å²) in [7, 11) is 0. The minimum Gasteiger partial charge on any atom is -0.356 e. The Kier molecular flexibility index (Phi) is 4.30. The fourth-order valence-corrected chi connectivity index (χ4v) is 4.53. The molecule has 1 aliphatic carbocycles. The fraction of sp³-hybridized carbons (Fsp3) is 0.600. The van der Waals surface area contributed by atoms with Crippen LogP contribution in [0.5, 0.6) is 0 Å². The molecule has 0 spiro atoms. The molecule has 0 saturated carbocycles. The van der Waals surface area contributed by atoms with E-state index in [0.29, 0.717) is 0 Å². The molecule has 3 aliphatic rings. The second-order valence-electron chi connectivity index (χ2n) is 7.76. The average Bonchev–Trinajstić information content (AvgIpc) is 3.39. The van der Waals surface area contributed by atoms with Crippen molar-refractivity contribution in [3.63, 3.8) is 0 Å². The number of aromatic nitrogens is 4. The van der Waals surface area contributed by atoms with Crippen molar-refractivity contribution >= 4 is 17.6 Å². The third kappa shape index (κ3) is 3.19. The Morgan fingerprint density at radius 1 is 0.778 bits per heavy atom. The van der Waals surface area contributed by atoms with Crippen molar-refractivity contribution in [1.82, 2.24) is 19.9 Å². The molecule has 0 atom stereocenters. The van der Waals surface area contributed by atoms with Crippen LogP contribution in [0.4, 0.5) is 17.6 Å². The van der Waals surface area contributed by atoms with Crippen LogP contribution in [0, 0.1) is 6.92 Å². The van der Waals surface area contributed by atoms with E-state index in [1.54, 1.807) is 0 Å². The highest BCUT2D eigenvalue weighted by atomic mass is 15.3. The minimum absolute atomic E-state index is 0.864. The van der Waals surface area contributed by atoms with E-state index in [-0.39, 0.29) is 0 Å². The highest BCUT2D eigenvalue weighted by molar-refractivity contribution is 5.53. The summed E-state index contributed by atoms with van der Waals surface area (Å²) in [5.41, 5.74) is 2.64. The predicted octanol–water partition coefficient (Wildman–Crippen LogP) is 1.99. The van der Waals surface area contributed by atoms with Gasteiger partial charge in [-0.3, -0.25) is 0 Å². The van der Waals surface area contributed by atoms with Crippen molar-refractivity contribution in [2.75, 3.05) is 54.0 Å². The second-order valence-corrected chi connectivity index (χ2v) is 7.76. The zero-order valence-electron chi connectivity index (χ0n) is 16.1. The first kappa shape index (κ1) is 16.7. The van der Waals surface area contributed by atoms with Crippen LogP contribution in [0.3, 0.4) is 0 Å². The van der Waals surface area contributed by atoms with Crippen molar-refractivity contribution < 1.29 is 0 Å². The Bertz CT molecular complexity index is 823. The smallest absolute Gasteiger partial charge is 0.227 e. The molecular weight excluding hydrogens is 338 g/mol. The molecule has 2 fully saturated rings. The molecule has 0 N–H and O–H groups in total. The number of hydrogen-bond donors (Lipinski definition) is 0. The van der Waals surface area contributed by atoms with Gasteiger partial charge in [0.1, 0.15) is 17.5 Å². The zero-order valence-corrected chi connectivity index (χ0v) is 16.1. The number of nitrogens with zero attached hydrogens (tertiary/aromatic N) is 7. The first-order valence-electron chi connectivity index (χ1n) is 10.2. The molecule has 142 valence electrons. The maximum atomic E-state index is 4.84. The van der Waals surface area contributed by atoms with Crippen molar-refractivity contribution in [1.29, 1.82) is 0 Å². The molecule has 2 aromatic rings. The molecule has 2 aliphatic heterocycles. The summed E-state index contributed by atoms with van der Waals surface area (Å²) in [6, 6.07) is 2.04. The van der Waals surface area contributed by atoms with Gasteiger partial charge in [-0.15, -0.1) is 0 Å². The quantitative estimate of drug-likeness (QED) is 0.824. The summed E-state index contributed by atoms with van der Waals surface area (Å²) in [5, 5.41) is 0. The maximum Gasteiger partial charge on any atom is 0.227 e. The van der Waals surface area contributed by atoms with E-state index in [1.807, 2.05) is 19.2 Å². The van der Waals surface area contributed by atoms with Gasteiger partial charge in [0.05, 0.1) is 0 Å². The fourth-order valence-electron chi connectivity index (χ4n) is 4.53. The summed E-state index contributed by atoms with van der Waals surface area (Å²) in [5.74, 6) is 4.00. The first-order valence-corrected chi connectivity index (χ1v) is 10.2. The molecular formula is C20H27N7. The van der Waals surface area contributed by atoms with Gasteiger partial charge in [-0.25, -0.2) is 15.0 Å². The molecule has 7 heteroatoms. The lowest BCUT2D eigenvalue weighted by Crippen LogP contribution is -2.47. The lowest BCUT2D eigenvalue weighted by atomic mass is 10.2. The van der Waals surface area contributed by atoms with Crippen LogP contribution in [0.2, 0.25) is 0 Å². The van der Waals surface area contributed by atoms with Gasteiger partial charge in [0.15, 0.2) is 0 Å². The summed E-state index contributed by atoms with van der Waals surface area (Å²) in [6.45, 7) is 8.02. The van der Waals surface area contributed by atoms with E-state index in [4.69, 9.17) is 9.97 Å². The molecule has 4 heterocycles. The van der Waals surface area contributed by atoms with Gasteiger partial charge in [0, 0.05) is 56.7 Å². The first-order chi connectivity index (χ1) is 13.3. The number of fused-ring (bicyclic) bond motifs is 1. The third-order valence-corrected chi connectivity index (χ3v) is 5.94. The Balaban J connectivity index is 1.30. The SMILES string of the molecule is Cc1nc2c(c(N3CCN(c4nccc(N5CCCC5)n4)CC3)n1)CCC2. The largest absolute Gasteiger partial charge is 0.356 e. The van der Waals surface area contributed by atoms with Crippen molar-refractivity contribution in [3.8, 4) is 0 Å². The topological polar surface area (TPSA) is 61.3 Å². The minimum atomic E-state index is 0.864. The van der Waals surface area contributed by atoms with Crippen LogP contribution in [0.1, 0.15) is 36.3 Å². The molecule has 2 aromatic heterocycles. The Labute approximate surface area is 160 Å². The summed E-state index contributed by atoms with van der Waals surface area (Å²) in [4.78, 5) is 25.9. The van der Waals surface area contributed by atoms with Crippen LogP contribution >= 0.6 is 0 Å². The van der Waals surface area contributed by atoms with E-state index in [0.717, 1.165) is 69.7 Å². The van der Waals surface area contributed by atoms with Crippen LogP contribution in [0.15, 0.2) is 12.3 Å². The molecule has 0 aromatic carbocycles. The molecule has 2 saturated heterocycles. The van der Waals surface area contributed by atoms with Crippen LogP contribution in [-0.4, -0.2) is 59.2 Å². The normalized spacial score (nSPS) is 19.7. The Morgan fingerprint density at radius 3 is 2.37 bits per heavy atom. The summed E-state index contributed by atoms with van der Waals surface area (Å²) in [6.07, 6.45) is 7.86. The van der Waals surface area contributed by atoms with Gasteiger partial charge >= 0.3 is 0 Å². The summed E-state index contributed by atoms with van der Waals surface area (Å²) < 4.78 is 0. The molecule has 7 nitrogen and oxygen atoms in total. The standard InChI is InChI=1S/C20H27N7/c1-15-22-17-6-4-5-16(17)19(23-15)26-11-13-27(14-12-26)20-21-8-7-18(24-20)25-9-2-3-10-25/h7-8H,2-6,9-14H2,1H3. The molecule has 0 amide bonds. The van der Waals surface area contributed by atoms with Crippen molar-refractivity contribution in [2.24, 2.45) is 0 Å². The highest BCUT2D eigenvalue weighted by Crippen LogP contribution is 2.30. The van der Waals surface area contributed by atoms with E-state index >= 15 is 0 Å². The van der Waals surface area contributed by atoms with Crippen molar-refractivity contribution in [3.05, 3.63) is 29.3 Å². The maximum absolute atomic E-state index is 4.84. The number of rotatable bonds is 3. The molecule has 0 bridgehead atoms. The average molecular weight is 365 g/mol.